The lowest BCUT2D eigenvalue weighted by Crippen LogP contribution is -2.29. The van der Waals surface area contributed by atoms with Crippen LogP contribution in [0, 0.1) is 6.92 Å². The van der Waals surface area contributed by atoms with E-state index in [2.05, 4.69) is 0 Å². The van der Waals surface area contributed by atoms with Gasteiger partial charge in [0, 0.05) is 0 Å². The normalized spacial score (nSPS) is 17.4. The molecule has 7 heteroatoms. The molecule has 1 amide bonds. The molecule has 0 saturated carbocycles. The van der Waals surface area contributed by atoms with Crippen molar-refractivity contribution < 1.29 is 18.3 Å². The molecular formula is C13H12N2O4S. The number of nitrogens with zero attached hydrogens (tertiary/aromatic N) is 1. The summed E-state index contributed by atoms with van der Waals surface area (Å²) in [6.45, 7) is 1.59. The molecule has 0 spiro atoms. The van der Waals surface area contributed by atoms with Crippen molar-refractivity contribution in [2.45, 2.75) is 6.92 Å². The summed E-state index contributed by atoms with van der Waals surface area (Å²) in [5.41, 5.74) is 1.12. The third-order valence-electron chi connectivity index (χ3n) is 3.18. The van der Waals surface area contributed by atoms with Crippen molar-refractivity contribution in [2.24, 2.45) is 0 Å². The minimum absolute atomic E-state index is 0.0986. The topological polar surface area (TPSA) is 86.7 Å². The number of benzene rings is 2. The van der Waals surface area contributed by atoms with Gasteiger partial charge in [-0.3, -0.25) is 4.79 Å². The van der Waals surface area contributed by atoms with Crippen LogP contribution in [0.25, 0.3) is 10.8 Å². The SMILES string of the molecule is Cc1ccc2cc(O)c(N3CC(=O)NS3(=O)=O)cc2c1. The average molecular weight is 292 g/mol. The van der Waals surface area contributed by atoms with Crippen LogP contribution in [0.5, 0.6) is 5.75 Å². The minimum atomic E-state index is -3.92. The highest BCUT2D eigenvalue weighted by Crippen LogP contribution is 2.34. The molecule has 0 aliphatic carbocycles. The van der Waals surface area contributed by atoms with Gasteiger partial charge in [-0.25, -0.2) is 9.03 Å². The van der Waals surface area contributed by atoms with Gasteiger partial charge in [0.05, 0.1) is 5.69 Å². The van der Waals surface area contributed by atoms with E-state index in [1.807, 2.05) is 29.8 Å². The number of fused-ring (bicyclic) bond motifs is 1. The number of rotatable bonds is 1. The van der Waals surface area contributed by atoms with Crippen LogP contribution in [0.2, 0.25) is 0 Å². The molecule has 2 N–H and O–H groups in total. The Morgan fingerprint density at radius 1 is 1.20 bits per heavy atom. The van der Waals surface area contributed by atoms with E-state index < -0.39 is 16.1 Å². The Labute approximate surface area is 115 Å². The number of phenolic OH excluding ortho intramolecular Hbond substituents is 1. The maximum atomic E-state index is 11.8. The summed E-state index contributed by atoms with van der Waals surface area (Å²) in [4.78, 5) is 11.3. The third-order valence-corrected chi connectivity index (χ3v) is 4.57. The first-order chi connectivity index (χ1) is 9.37. The van der Waals surface area contributed by atoms with Crippen LogP contribution in [0.1, 0.15) is 5.56 Å². The van der Waals surface area contributed by atoms with Gasteiger partial charge in [0.1, 0.15) is 12.3 Å². The van der Waals surface area contributed by atoms with Gasteiger partial charge in [-0.1, -0.05) is 23.8 Å². The molecule has 1 aliphatic rings. The standard InChI is InChI=1S/C13H12N2O4S/c1-8-2-3-9-6-12(16)11(5-10(9)4-8)15-7-13(17)14-20(15,18)19/h2-6,16H,7H2,1H3,(H,14,17). The van der Waals surface area contributed by atoms with Gasteiger partial charge in [-0.15, -0.1) is 0 Å². The summed E-state index contributed by atoms with van der Waals surface area (Å²) >= 11 is 0. The number of hydrogen-bond acceptors (Lipinski definition) is 4. The number of hydrogen-bond donors (Lipinski definition) is 2. The number of phenols is 1. The smallest absolute Gasteiger partial charge is 0.326 e. The Balaban J connectivity index is 2.21. The molecule has 1 saturated heterocycles. The fraction of sp³-hybridized carbons (Fsp3) is 0.154. The van der Waals surface area contributed by atoms with Crippen molar-refractivity contribution in [1.29, 1.82) is 0 Å². The molecule has 2 aromatic rings. The molecule has 1 fully saturated rings. The van der Waals surface area contributed by atoms with Gasteiger partial charge < -0.3 is 5.11 Å². The summed E-state index contributed by atoms with van der Waals surface area (Å²) in [5, 5.41) is 11.6. The molecule has 2 aromatic carbocycles. The quantitative estimate of drug-likeness (QED) is 0.822. The van der Waals surface area contributed by atoms with Crippen LogP contribution in [-0.2, 0) is 15.0 Å². The van der Waals surface area contributed by atoms with Gasteiger partial charge in [-0.2, -0.15) is 8.42 Å². The lowest BCUT2D eigenvalue weighted by Gasteiger charge is -2.17. The molecule has 1 heterocycles. The molecule has 3 rings (SSSR count). The zero-order valence-electron chi connectivity index (χ0n) is 10.6. The van der Waals surface area contributed by atoms with Crippen LogP contribution in [-0.4, -0.2) is 26.0 Å². The predicted octanol–water partition coefficient (Wildman–Crippen LogP) is 1.03. The number of aryl methyl sites for hydroxylation is 1. The summed E-state index contributed by atoms with van der Waals surface area (Å²) in [6, 6.07) is 8.68. The summed E-state index contributed by atoms with van der Waals surface area (Å²) in [6.07, 6.45) is 0. The van der Waals surface area contributed by atoms with E-state index in [-0.39, 0.29) is 18.0 Å². The van der Waals surface area contributed by atoms with Crippen molar-refractivity contribution in [3.05, 3.63) is 35.9 Å². The number of carbonyl (C=O) groups excluding carboxylic acids is 1. The number of amides is 1. The van der Waals surface area contributed by atoms with Crippen molar-refractivity contribution in [3.63, 3.8) is 0 Å². The molecule has 0 radical (unpaired) electrons. The molecule has 0 unspecified atom stereocenters. The molecule has 1 aliphatic heterocycles. The van der Waals surface area contributed by atoms with Crippen LogP contribution in [0.15, 0.2) is 30.3 Å². The van der Waals surface area contributed by atoms with Gasteiger partial charge in [-0.05, 0) is 29.8 Å². The summed E-state index contributed by atoms with van der Waals surface area (Å²) < 4.78 is 26.4. The molecule has 0 bridgehead atoms. The fourth-order valence-electron chi connectivity index (χ4n) is 2.25. The second-order valence-corrected chi connectivity index (χ2v) is 6.32. The van der Waals surface area contributed by atoms with Gasteiger partial charge >= 0.3 is 10.2 Å². The lowest BCUT2D eigenvalue weighted by atomic mass is 10.1. The van der Waals surface area contributed by atoms with Gasteiger partial charge in [0.15, 0.2) is 0 Å². The second kappa shape index (κ2) is 4.11. The van der Waals surface area contributed by atoms with E-state index in [0.717, 1.165) is 20.6 Å². The van der Waals surface area contributed by atoms with E-state index in [1.54, 1.807) is 6.07 Å². The Hall–Kier alpha value is -2.28. The molecule has 104 valence electrons. The monoisotopic (exact) mass is 292 g/mol. The maximum Gasteiger partial charge on any atom is 0.326 e. The first-order valence-corrected chi connectivity index (χ1v) is 7.37. The summed E-state index contributed by atoms with van der Waals surface area (Å²) in [5.74, 6) is -0.796. The van der Waals surface area contributed by atoms with Crippen molar-refractivity contribution in [3.8, 4) is 5.75 Å². The van der Waals surface area contributed by atoms with Crippen molar-refractivity contribution >= 4 is 32.6 Å². The van der Waals surface area contributed by atoms with Gasteiger partial charge in [0.2, 0.25) is 0 Å². The van der Waals surface area contributed by atoms with E-state index in [4.69, 9.17) is 0 Å². The Morgan fingerprint density at radius 2 is 1.95 bits per heavy atom. The number of anilines is 1. The van der Waals surface area contributed by atoms with Crippen LogP contribution in [0.4, 0.5) is 5.69 Å². The first kappa shape index (κ1) is 12.7. The Kier molecular flexibility index (Phi) is 2.62. The third kappa shape index (κ3) is 1.96. The summed E-state index contributed by atoms with van der Waals surface area (Å²) in [7, 11) is -3.92. The maximum absolute atomic E-state index is 11.8. The molecule has 6 nitrogen and oxygen atoms in total. The van der Waals surface area contributed by atoms with Crippen molar-refractivity contribution in [2.75, 3.05) is 10.8 Å². The molecule has 0 aromatic heterocycles. The number of carbonyl (C=O) groups is 1. The van der Waals surface area contributed by atoms with E-state index >= 15 is 0 Å². The Morgan fingerprint density at radius 3 is 2.60 bits per heavy atom. The number of nitrogens with one attached hydrogen (secondary N) is 1. The first-order valence-electron chi connectivity index (χ1n) is 5.93. The minimum Gasteiger partial charge on any atom is -0.506 e. The van der Waals surface area contributed by atoms with Crippen LogP contribution in [0.3, 0.4) is 0 Å². The van der Waals surface area contributed by atoms with E-state index in [9.17, 15) is 18.3 Å². The molecule has 20 heavy (non-hydrogen) atoms. The average Bonchev–Trinajstić information content (AvgIpc) is 2.62. The fourth-order valence-corrected chi connectivity index (χ4v) is 3.41. The van der Waals surface area contributed by atoms with Gasteiger partial charge in [0.25, 0.3) is 5.91 Å². The highest BCUT2D eigenvalue weighted by molar-refractivity contribution is 7.92. The second-order valence-electron chi connectivity index (χ2n) is 4.73. The van der Waals surface area contributed by atoms with E-state index in [1.165, 1.54) is 6.07 Å². The number of aromatic hydroxyl groups is 1. The largest absolute Gasteiger partial charge is 0.506 e. The lowest BCUT2D eigenvalue weighted by molar-refractivity contribution is -0.117. The molecular weight excluding hydrogens is 280 g/mol. The van der Waals surface area contributed by atoms with E-state index in [0.29, 0.717) is 0 Å². The predicted molar refractivity (Wildman–Crippen MR) is 74.8 cm³/mol. The van der Waals surface area contributed by atoms with Crippen LogP contribution < -0.4 is 9.03 Å². The van der Waals surface area contributed by atoms with Crippen LogP contribution >= 0.6 is 0 Å². The highest BCUT2D eigenvalue weighted by Gasteiger charge is 2.35. The zero-order valence-corrected chi connectivity index (χ0v) is 11.4. The van der Waals surface area contributed by atoms with Crippen molar-refractivity contribution in [1.82, 2.24) is 4.72 Å². The highest BCUT2D eigenvalue weighted by atomic mass is 32.2. The zero-order chi connectivity index (χ0) is 14.5. The molecule has 0 atom stereocenters. The Bertz CT molecular complexity index is 830.